The molecule has 0 spiro atoms. The van der Waals surface area contributed by atoms with Gasteiger partial charge in [0.15, 0.2) is 5.96 Å². The lowest BCUT2D eigenvalue weighted by molar-refractivity contribution is -0.0816. The molecule has 2 saturated heterocycles. The molecular formula is C20H31IN4O4. The fourth-order valence-corrected chi connectivity index (χ4v) is 3.54. The minimum atomic E-state index is -0.125. The first-order valence-corrected chi connectivity index (χ1v) is 9.82. The lowest BCUT2D eigenvalue weighted by Gasteiger charge is -2.37. The molecule has 162 valence electrons. The van der Waals surface area contributed by atoms with Gasteiger partial charge in [0.2, 0.25) is 0 Å². The summed E-state index contributed by atoms with van der Waals surface area (Å²) in [4.78, 5) is 18.8. The van der Waals surface area contributed by atoms with Crippen LogP contribution in [0.4, 0.5) is 0 Å². The van der Waals surface area contributed by atoms with E-state index < -0.39 is 0 Å². The number of aliphatic imine (C=N–C) groups is 1. The van der Waals surface area contributed by atoms with Gasteiger partial charge in [-0.25, -0.2) is 0 Å². The van der Waals surface area contributed by atoms with E-state index in [2.05, 4.69) is 20.5 Å². The molecule has 0 aliphatic carbocycles. The standard InChI is InChI=1S/C20H30N4O4.HI/c1-21-20(24-10-12-28-18(14-24)17-7-4-11-27-17)23-9-8-22-19(25)15-5-3-6-16(13-15)26-2;/h3,5-6,13,17-18H,4,7-12,14H2,1-2H3,(H,21,23)(H,22,25);1H. The number of amides is 1. The van der Waals surface area contributed by atoms with Gasteiger partial charge in [0.1, 0.15) is 11.9 Å². The smallest absolute Gasteiger partial charge is 0.251 e. The molecule has 0 saturated carbocycles. The number of guanidine groups is 1. The summed E-state index contributed by atoms with van der Waals surface area (Å²) in [7, 11) is 3.36. The van der Waals surface area contributed by atoms with Crippen LogP contribution in [0.15, 0.2) is 29.3 Å². The Kier molecular flexibility index (Phi) is 9.95. The summed E-state index contributed by atoms with van der Waals surface area (Å²) in [5.74, 6) is 1.36. The predicted octanol–water partition coefficient (Wildman–Crippen LogP) is 1.50. The molecule has 2 heterocycles. The summed E-state index contributed by atoms with van der Waals surface area (Å²) in [5, 5.41) is 6.23. The van der Waals surface area contributed by atoms with Crippen molar-refractivity contribution in [2.24, 2.45) is 4.99 Å². The van der Waals surface area contributed by atoms with E-state index in [1.807, 2.05) is 6.07 Å². The number of benzene rings is 1. The van der Waals surface area contributed by atoms with Gasteiger partial charge in [-0.05, 0) is 31.0 Å². The second kappa shape index (κ2) is 12.2. The third-order valence-corrected chi connectivity index (χ3v) is 5.01. The highest BCUT2D eigenvalue weighted by Crippen LogP contribution is 2.21. The third kappa shape index (κ3) is 6.71. The van der Waals surface area contributed by atoms with Gasteiger partial charge >= 0.3 is 0 Å². The molecule has 0 bridgehead atoms. The molecule has 2 aliphatic rings. The van der Waals surface area contributed by atoms with Crippen LogP contribution in [0.2, 0.25) is 0 Å². The van der Waals surface area contributed by atoms with Crippen molar-refractivity contribution in [2.45, 2.75) is 25.0 Å². The Hall–Kier alpha value is -1.59. The number of nitrogens with zero attached hydrogens (tertiary/aromatic N) is 2. The Morgan fingerprint density at radius 2 is 2.03 bits per heavy atom. The van der Waals surface area contributed by atoms with Crippen molar-refractivity contribution in [1.82, 2.24) is 15.5 Å². The number of morpholine rings is 1. The molecule has 2 unspecified atom stereocenters. The molecule has 1 amide bonds. The Morgan fingerprint density at radius 1 is 1.24 bits per heavy atom. The molecule has 2 aliphatic heterocycles. The zero-order chi connectivity index (χ0) is 19.8. The van der Waals surface area contributed by atoms with Crippen LogP contribution >= 0.6 is 24.0 Å². The summed E-state index contributed by atoms with van der Waals surface area (Å²) >= 11 is 0. The summed E-state index contributed by atoms with van der Waals surface area (Å²) in [6.45, 7) is 4.13. The van der Waals surface area contributed by atoms with Gasteiger partial charge in [-0.1, -0.05) is 6.07 Å². The first-order chi connectivity index (χ1) is 13.7. The van der Waals surface area contributed by atoms with Crippen molar-refractivity contribution in [3.63, 3.8) is 0 Å². The van der Waals surface area contributed by atoms with Crippen molar-refractivity contribution in [3.8, 4) is 5.75 Å². The molecule has 29 heavy (non-hydrogen) atoms. The molecule has 9 heteroatoms. The number of rotatable bonds is 6. The maximum atomic E-state index is 12.3. The average Bonchev–Trinajstić information content (AvgIpc) is 3.29. The van der Waals surface area contributed by atoms with Gasteiger partial charge in [0.25, 0.3) is 5.91 Å². The molecule has 8 nitrogen and oxygen atoms in total. The molecular weight excluding hydrogens is 487 g/mol. The topological polar surface area (TPSA) is 84.4 Å². The summed E-state index contributed by atoms with van der Waals surface area (Å²) in [5.41, 5.74) is 0.580. The number of carbonyl (C=O) groups is 1. The van der Waals surface area contributed by atoms with Gasteiger partial charge in [-0.2, -0.15) is 0 Å². The van der Waals surface area contributed by atoms with Crippen LogP contribution in [0, 0.1) is 0 Å². The van der Waals surface area contributed by atoms with Crippen LogP contribution in [-0.4, -0.2) is 82.5 Å². The van der Waals surface area contributed by atoms with E-state index in [1.54, 1.807) is 32.4 Å². The maximum absolute atomic E-state index is 12.3. The minimum Gasteiger partial charge on any atom is -0.497 e. The Morgan fingerprint density at radius 3 is 2.76 bits per heavy atom. The molecule has 2 atom stereocenters. The van der Waals surface area contributed by atoms with Crippen molar-refractivity contribution >= 4 is 35.8 Å². The quantitative estimate of drug-likeness (QED) is 0.257. The van der Waals surface area contributed by atoms with E-state index in [-0.39, 0.29) is 42.1 Å². The van der Waals surface area contributed by atoms with Crippen LogP contribution < -0.4 is 15.4 Å². The molecule has 0 aromatic heterocycles. The normalized spacial score (nSPS) is 22.0. The number of carbonyl (C=O) groups excluding carboxylic acids is 1. The maximum Gasteiger partial charge on any atom is 0.251 e. The fourth-order valence-electron chi connectivity index (χ4n) is 3.54. The molecule has 0 radical (unpaired) electrons. The molecule has 1 aromatic rings. The van der Waals surface area contributed by atoms with Crippen molar-refractivity contribution in [2.75, 3.05) is 53.6 Å². The second-order valence-electron chi connectivity index (χ2n) is 6.87. The number of halogens is 1. The Labute approximate surface area is 189 Å². The van der Waals surface area contributed by atoms with Crippen LogP contribution in [0.5, 0.6) is 5.75 Å². The number of hydrogen-bond donors (Lipinski definition) is 2. The zero-order valence-electron chi connectivity index (χ0n) is 17.1. The van der Waals surface area contributed by atoms with E-state index in [9.17, 15) is 4.79 Å². The Balaban J connectivity index is 0.00000300. The zero-order valence-corrected chi connectivity index (χ0v) is 19.4. The van der Waals surface area contributed by atoms with Crippen molar-refractivity contribution < 1.29 is 19.0 Å². The van der Waals surface area contributed by atoms with Crippen LogP contribution in [0.3, 0.4) is 0 Å². The van der Waals surface area contributed by atoms with Gasteiger partial charge in [0, 0.05) is 45.4 Å². The van der Waals surface area contributed by atoms with E-state index in [4.69, 9.17) is 14.2 Å². The highest BCUT2D eigenvalue weighted by molar-refractivity contribution is 14.0. The highest BCUT2D eigenvalue weighted by Gasteiger charge is 2.32. The van der Waals surface area contributed by atoms with E-state index >= 15 is 0 Å². The largest absolute Gasteiger partial charge is 0.497 e. The summed E-state index contributed by atoms with van der Waals surface area (Å²) in [6, 6.07) is 7.11. The van der Waals surface area contributed by atoms with Crippen LogP contribution in [-0.2, 0) is 9.47 Å². The number of nitrogens with one attached hydrogen (secondary N) is 2. The minimum absolute atomic E-state index is 0. The fraction of sp³-hybridized carbons (Fsp3) is 0.600. The molecule has 1 aromatic carbocycles. The van der Waals surface area contributed by atoms with Gasteiger partial charge < -0.3 is 29.7 Å². The van der Waals surface area contributed by atoms with E-state index in [0.717, 1.165) is 38.5 Å². The first-order valence-electron chi connectivity index (χ1n) is 9.82. The highest BCUT2D eigenvalue weighted by atomic mass is 127. The van der Waals surface area contributed by atoms with E-state index in [1.165, 1.54) is 0 Å². The number of hydrogen-bond acceptors (Lipinski definition) is 5. The Bertz CT molecular complexity index is 682. The SMILES string of the molecule is CN=C(NCCNC(=O)c1cccc(OC)c1)N1CCOC(C2CCCO2)C1.I. The monoisotopic (exact) mass is 518 g/mol. The average molecular weight is 518 g/mol. The van der Waals surface area contributed by atoms with Gasteiger partial charge in [-0.15, -0.1) is 24.0 Å². The number of ether oxygens (including phenoxy) is 3. The van der Waals surface area contributed by atoms with Crippen LogP contribution in [0.25, 0.3) is 0 Å². The lowest BCUT2D eigenvalue weighted by atomic mass is 10.1. The molecule has 2 N–H and O–H groups in total. The van der Waals surface area contributed by atoms with E-state index in [0.29, 0.717) is 31.0 Å². The summed E-state index contributed by atoms with van der Waals surface area (Å²) < 4.78 is 16.8. The third-order valence-electron chi connectivity index (χ3n) is 5.01. The van der Waals surface area contributed by atoms with Gasteiger partial charge in [0.05, 0.1) is 19.8 Å². The van der Waals surface area contributed by atoms with Gasteiger partial charge in [-0.3, -0.25) is 9.79 Å². The van der Waals surface area contributed by atoms with Crippen molar-refractivity contribution in [1.29, 1.82) is 0 Å². The molecule has 2 fully saturated rings. The lowest BCUT2D eigenvalue weighted by Crippen LogP contribution is -2.54. The first kappa shape index (κ1) is 23.7. The van der Waals surface area contributed by atoms with Crippen LogP contribution in [0.1, 0.15) is 23.2 Å². The molecule has 3 rings (SSSR count). The summed E-state index contributed by atoms with van der Waals surface area (Å²) in [6.07, 6.45) is 2.43. The predicted molar refractivity (Wildman–Crippen MR) is 122 cm³/mol. The number of methoxy groups -OCH3 is 1. The van der Waals surface area contributed by atoms with Crippen molar-refractivity contribution in [3.05, 3.63) is 29.8 Å². The second-order valence-corrected chi connectivity index (χ2v) is 6.87.